The number of halogens is 3. The average molecular weight is 535 g/mol. The van der Waals surface area contributed by atoms with E-state index in [-0.39, 0.29) is 30.0 Å². The molecule has 1 saturated carbocycles. The Balaban J connectivity index is 1.59. The van der Waals surface area contributed by atoms with Gasteiger partial charge in [-0.3, -0.25) is 9.10 Å². The first-order chi connectivity index (χ1) is 17.4. The van der Waals surface area contributed by atoms with Crippen LogP contribution in [0.5, 0.6) is 0 Å². The van der Waals surface area contributed by atoms with Crippen molar-refractivity contribution in [1.82, 2.24) is 15.0 Å². The molecule has 2 N–H and O–H groups in total. The summed E-state index contributed by atoms with van der Waals surface area (Å²) in [6.07, 6.45) is 1.04. The summed E-state index contributed by atoms with van der Waals surface area (Å²) in [5.74, 6) is -0.484. The standard InChI is InChI=1S/C24H25F3N6O3S/c1-33(37(2,35)36)22-17(9-5-11-28-22)13-29-21-19(24(25,26)27)14-30-23(32-21)31-18-10-4-8-16(12-18)20(34)15-6-3-7-15/h4-5,8-12,14-15H,3,6-7,13H2,1-2H3,(H2,29,30,31,32). The Hall–Kier alpha value is -3.74. The molecule has 37 heavy (non-hydrogen) atoms. The first-order valence-electron chi connectivity index (χ1n) is 11.4. The number of sulfonamides is 1. The fourth-order valence-electron chi connectivity index (χ4n) is 3.76. The molecule has 3 aromatic rings. The maximum Gasteiger partial charge on any atom is 0.421 e. The minimum absolute atomic E-state index is 0.00693. The van der Waals surface area contributed by atoms with E-state index in [1.54, 1.807) is 36.4 Å². The van der Waals surface area contributed by atoms with Crippen LogP contribution in [0.2, 0.25) is 0 Å². The zero-order chi connectivity index (χ0) is 26.8. The molecule has 196 valence electrons. The summed E-state index contributed by atoms with van der Waals surface area (Å²) < 4.78 is 65.9. The highest BCUT2D eigenvalue weighted by Crippen LogP contribution is 2.35. The van der Waals surface area contributed by atoms with E-state index in [9.17, 15) is 26.4 Å². The summed E-state index contributed by atoms with van der Waals surface area (Å²) in [6, 6.07) is 9.76. The molecule has 9 nitrogen and oxygen atoms in total. The van der Waals surface area contributed by atoms with Gasteiger partial charge >= 0.3 is 6.18 Å². The molecule has 13 heteroatoms. The molecule has 0 spiro atoms. The number of benzene rings is 1. The Labute approximate surface area is 212 Å². The summed E-state index contributed by atoms with van der Waals surface area (Å²) >= 11 is 0. The second kappa shape index (κ2) is 10.3. The fraction of sp³-hybridized carbons (Fsp3) is 0.333. The van der Waals surface area contributed by atoms with Gasteiger partial charge in [0.15, 0.2) is 5.78 Å². The van der Waals surface area contributed by atoms with Crippen LogP contribution in [-0.4, -0.2) is 42.5 Å². The highest BCUT2D eigenvalue weighted by atomic mass is 32.2. The molecule has 0 atom stereocenters. The van der Waals surface area contributed by atoms with Crippen molar-refractivity contribution < 1.29 is 26.4 Å². The average Bonchev–Trinajstić information content (AvgIpc) is 2.80. The van der Waals surface area contributed by atoms with E-state index in [0.717, 1.165) is 29.8 Å². The summed E-state index contributed by atoms with van der Waals surface area (Å²) in [7, 11) is -2.34. The molecule has 1 fully saturated rings. The molecule has 1 aromatic carbocycles. The monoisotopic (exact) mass is 534 g/mol. The predicted molar refractivity (Wildman–Crippen MR) is 133 cm³/mol. The topological polar surface area (TPSA) is 117 Å². The van der Waals surface area contributed by atoms with Crippen LogP contribution < -0.4 is 14.9 Å². The second-order valence-electron chi connectivity index (χ2n) is 8.72. The normalized spacial score (nSPS) is 14.1. The van der Waals surface area contributed by atoms with Gasteiger partial charge in [0.1, 0.15) is 17.2 Å². The van der Waals surface area contributed by atoms with Crippen molar-refractivity contribution in [3.63, 3.8) is 0 Å². The predicted octanol–water partition coefficient (Wildman–Crippen LogP) is 4.62. The molecule has 1 aliphatic rings. The lowest BCUT2D eigenvalue weighted by atomic mass is 9.80. The quantitative estimate of drug-likeness (QED) is 0.382. The third-order valence-corrected chi connectivity index (χ3v) is 7.25. The molecule has 0 amide bonds. The van der Waals surface area contributed by atoms with E-state index in [1.165, 1.54) is 13.2 Å². The third kappa shape index (κ3) is 6.16. The summed E-state index contributed by atoms with van der Waals surface area (Å²) in [4.78, 5) is 24.4. The van der Waals surface area contributed by atoms with Gasteiger partial charge < -0.3 is 10.6 Å². The molecule has 2 aromatic heterocycles. The molecule has 0 aliphatic heterocycles. The molecule has 0 radical (unpaired) electrons. The molecule has 2 heterocycles. The van der Waals surface area contributed by atoms with Crippen LogP contribution in [0.1, 0.15) is 40.7 Å². The number of pyridine rings is 1. The van der Waals surface area contributed by atoms with Crippen molar-refractivity contribution in [1.29, 1.82) is 0 Å². The number of ketones is 1. The Bertz CT molecular complexity index is 1410. The van der Waals surface area contributed by atoms with Crippen LogP contribution in [0.25, 0.3) is 0 Å². The van der Waals surface area contributed by atoms with Crippen LogP contribution in [0.3, 0.4) is 0 Å². The summed E-state index contributed by atoms with van der Waals surface area (Å²) in [5.41, 5.74) is 0.229. The van der Waals surface area contributed by atoms with Crippen LogP contribution >= 0.6 is 0 Å². The highest BCUT2D eigenvalue weighted by Gasteiger charge is 2.35. The van der Waals surface area contributed by atoms with Gasteiger partial charge in [0.2, 0.25) is 16.0 Å². The van der Waals surface area contributed by atoms with Crippen LogP contribution in [0.15, 0.2) is 48.8 Å². The number of nitrogens with zero attached hydrogens (tertiary/aromatic N) is 4. The van der Waals surface area contributed by atoms with Crippen LogP contribution in [0, 0.1) is 5.92 Å². The van der Waals surface area contributed by atoms with Gasteiger partial charge in [-0.2, -0.15) is 18.2 Å². The number of alkyl halides is 3. The number of carbonyl (C=O) groups is 1. The minimum Gasteiger partial charge on any atom is -0.365 e. The van der Waals surface area contributed by atoms with Crippen molar-refractivity contribution in [2.45, 2.75) is 32.0 Å². The van der Waals surface area contributed by atoms with E-state index in [4.69, 9.17) is 0 Å². The molecular formula is C24H25F3N6O3S. The maximum atomic E-state index is 13.7. The lowest BCUT2D eigenvalue weighted by molar-refractivity contribution is -0.137. The molecule has 0 unspecified atom stereocenters. The zero-order valence-corrected chi connectivity index (χ0v) is 20.9. The Kier molecular flexibility index (Phi) is 7.35. The number of hydrogen-bond acceptors (Lipinski definition) is 8. The van der Waals surface area contributed by atoms with Gasteiger partial charge in [-0.15, -0.1) is 0 Å². The summed E-state index contributed by atoms with van der Waals surface area (Å²) in [5, 5.41) is 5.50. The first-order valence-corrected chi connectivity index (χ1v) is 13.3. The lowest BCUT2D eigenvalue weighted by Crippen LogP contribution is -2.27. The van der Waals surface area contributed by atoms with Crippen molar-refractivity contribution in [2.24, 2.45) is 5.92 Å². The van der Waals surface area contributed by atoms with Gasteiger partial charge in [-0.25, -0.2) is 18.4 Å². The smallest absolute Gasteiger partial charge is 0.365 e. The number of rotatable bonds is 9. The van der Waals surface area contributed by atoms with E-state index >= 15 is 0 Å². The van der Waals surface area contributed by atoms with Crippen molar-refractivity contribution in [3.8, 4) is 0 Å². The number of anilines is 4. The van der Waals surface area contributed by atoms with Gasteiger partial charge in [0.25, 0.3) is 0 Å². The van der Waals surface area contributed by atoms with E-state index in [2.05, 4.69) is 25.6 Å². The van der Waals surface area contributed by atoms with Crippen molar-refractivity contribution in [3.05, 3.63) is 65.5 Å². The van der Waals surface area contributed by atoms with E-state index < -0.39 is 27.6 Å². The number of Topliss-reactive ketones (excluding diaryl/α,β-unsaturated/α-hetero) is 1. The Morgan fingerprint density at radius 3 is 2.57 bits per heavy atom. The van der Waals surface area contributed by atoms with Gasteiger partial charge in [0.05, 0.1) is 6.26 Å². The molecule has 4 rings (SSSR count). The lowest BCUT2D eigenvalue weighted by Gasteiger charge is -2.23. The van der Waals surface area contributed by atoms with E-state index in [1.807, 2.05) is 0 Å². The Morgan fingerprint density at radius 2 is 1.92 bits per heavy atom. The number of aromatic nitrogens is 3. The summed E-state index contributed by atoms with van der Waals surface area (Å²) in [6.45, 7) is -0.187. The Morgan fingerprint density at radius 1 is 1.16 bits per heavy atom. The molecule has 1 aliphatic carbocycles. The zero-order valence-electron chi connectivity index (χ0n) is 20.1. The van der Waals surface area contributed by atoms with Gasteiger partial charge in [-0.1, -0.05) is 24.6 Å². The second-order valence-corrected chi connectivity index (χ2v) is 10.7. The minimum atomic E-state index is -4.74. The molecule has 0 saturated heterocycles. The molecular weight excluding hydrogens is 509 g/mol. The fourth-order valence-corrected chi connectivity index (χ4v) is 4.24. The van der Waals surface area contributed by atoms with Crippen LogP contribution in [-0.2, 0) is 22.7 Å². The van der Waals surface area contributed by atoms with E-state index in [0.29, 0.717) is 23.0 Å². The van der Waals surface area contributed by atoms with Gasteiger partial charge in [-0.05, 0) is 31.0 Å². The number of carbonyl (C=O) groups excluding carboxylic acids is 1. The van der Waals surface area contributed by atoms with Crippen LogP contribution in [0.4, 0.5) is 36.4 Å². The number of nitrogens with one attached hydrogen (secondary N) is 2. The van der Waals surface area contributed by atoms with Gasteiger partial charge in [0, 0.05) is 48.7 Å². The van der Waals surface area contributed by atoms with Crippen molar-refractivity contribution >= 4 is 39.1 Å². The first kappa shape index (κ1) is 26.3. The SMILES string of the molecule is CN(c1ncccc1CNc1nc(Nc2cccc(C(=O)C3CCC3)c2)ncc1C(F)(F)F)S(C)(=O)=O. The third-order valence-electron chi connectivity index (χ3n) is 6.08. The number of hydrogen-bond donors (Lipinski definition) is 2. The largest absolute Gasteiger partial charge is 0.421 e. The maximum absolute atomic E-state index is 13.7. The molecule has 0 bridgehead atoms. The van der Waals surface area contributed by atoms with Crippen molar-refractivity contribution in [2.75, 3.05) is 28.2 Å². The highest BCUT2D eigenvalue weighted by molar-refractivity contribution is 7.92.